The molecule has 4 nitrogen and oxygen atoms in total. The van der Waals surface area contributed by atoms with Gasteiger partial charge in [0.15, 0.2) is 0 Å². The molecule has 0 aliphatic heterocycles. The number of anilines is 1. The van der Waals surface area contributed by atoms with Crippen LogP contribution in [0.5, 0.6) is 0 Å². The van der Waals surface area contributed by atoms with Crippen LogP contribution >= 0.6 is 0 Å². The van der Waals surface area contributed by atoms with Gasteiger partial charge < -0.3 is 5.73 Å². The second-order valence-electron chi connectivity index (χ2n) is 3.83. The van der Waals surface area contributed by atoms with Gasteiger partial charge in [-0.2, -0.15) is 9.78 Å². The first-order valence-electron chi connectivity index (χ1n) is 5.00. The van der Waals surface area contributed by atoms with E-state index >= 15 is 0 Å². The molecule has 0 radical (unpaired) electrons. The van der Waals surface area contributed by atoms with Gasteiger partial charge in [-0.15, -0.1) is 0 Å². The number of rotatable bonds is 1. The van der Waals surface area contributed by atoms with Gasteiger partial charge in [0.2, 0.25) is 0 Å². The van der Waals surface area contributed by atoms with Crippen LogP contribution in [0, 0.1) is 13.8 Å². The molecule has 1 aromatic heterocycles. The fourth-order valence-electron chi connectivity index (χ4n) is 1.55. The largest absolute Gasteiger partial charge is 0.397 e. The molecule has 2 aromatic rings. The highest BCUT2D eigenvalue weighted by Gasteiger charge is 2.04. The van der Waals surface area contributed by atoms with Crippen LogP contribution in [0.3, 0.4) is 0 Å². The molecule has 1 heterocycles. The molecule has 1 aromatic carbocycles. The van der Waals surface area contributed by atoms with Gasteiger partial charge in [-0.1, -0.05) is 12.1 Å². The lowest BCUT2D eigenvalue weighted by molar-refractivity contribution is 0.802. The lowest BCUT2D eigenvalue weighted by atomic mass is 10.1. The quantitative estimate of drug-likeness (QED) is 0.782. The van der Waals surface area contributed by atoms with Crippen LogP contribution < -0.4 is 11.3 Å². The molecule has 0 saturated heterocycles. The predicted molar refractivity (Wildman–Crippen MR) is 63.7 cm³/mol. The van der Waals surface area contributed by atoms with Crippen LogP contribution in [-0.4, -0.2) is 9.78 Å². The van der Waals surface area contributed by atoms with Crippen LogP contribution in [0.2, 0.25) is 0 Å². The van der Waals surface area contributed by atoms with Gasteiger partial charge in [-0.05, 0) is 31.0 Å². The van der Waals surface area contributed by atoms with E-state index in [9.17, 15) is 4.79 Å². The van der Waals surface area contributed by atoms with Crippen molar-refractivity contribution in [2.24, 2.45) is 0 Å². The molecule has 4 heteroatoms. The first-order valence-corrected chi connectivity index (χ1v) is 5.00. The summed E-state index contributed by atoms with van der Waals surface area (Å²) in [4.78, 5) is 11.7. The lowest BCUT2D eigenvalue weighted by Crippen LogP contribution is -2.21. The summed E-state index contributed by atoms with van der Waals surface area (Å²) in [6.45, 7) is 3.92. The SMILES string of the molecule is Cc1ccc(C)c(-n2ncc(N)cc2=O)c1. The summed E-state index contributed by atoms with van der Waals surface area (Å²) >= 11 is 0. The maximum absolute atomic E-state index is 11.7. The van der Waals surface area contributed by atoms with Crippen LogP contribution in [0.25, 0.3) is 5.69 Å². The summed E-state index contributed by atoms with van der Waals surface area (Å²) < 4.78 is 1.36. The van der Waals surface area contributed by atoms with E-state index in [2.05, 4.69) is 5.10 Å². The van der Waals surface area contributed by atoms with Gasteiger partial charge in [0.1, 0.15) is 0 Å². The second kappa shape index (κ2) is 3.81. The summed E-state index contributed by atoms with van der Waals surface area (Å²) in [5.74, 6) is 0. The van der Waals surface area contributed by atoms with Gasteiger partial charge in [0.25, 0.3) is 5.56 Å². The van der Waals surface area contributed by atoms with Crippen molar-refractivity contribution in [2.75, 3.05) is 5.73 Å². The van der Waals surface area contributed by atoms with E-state index in [1.807, 2.05) is 32.0 Å². The number of nitrogens with two attached hydrogens (primary N) is 1. The second-order valence-corrected chi connectivity index (χ2v) is 3.83. The van der Waals surface area contributed by atoms with Gasteiger partial charge >= 0.3 is 0 Å². The van der Waals surface area contributed by atoms with Crippen molar-refractivity contribution in [3.8, 4) is 5.69 Å². The third kappa shape index (κ3) is 1.82. The first kappa shape index (κ1) is 10.4. The predicted octanol–water partition coefficient (Wildman–Crippen LogP) is 1.43. The molecule has 82 valence electrons. The van der Waals surface area contributed by atoms with E-state index in [4.69, 9.17) is 5.73 Å². The number of benzene rings is 1. The minimum Gasteiger partial charge on any atom is -0.397 e. The zero-order chi connectivity index (χ0) is 11.7. The Labute approximate surface area is 93.3 Å². The average molecular weight is 215 g/mol. The molecule has 0 unspecified atom stereocenters. The molecular formula is C12H13N3O. The van der Waals surface area contributed by atoms with E-state index in [-0.39, 0.29) is 5.56 Å². The molecule has 0 aliphatic rings. The van der Waals surface area contributed by atoms with Crippen molar-refractivity contribution in [1.82, 2.24) is 9.78 Å². The first-order chi connectivity index (χ1) is 7.58. The Kier molecular flexibility index (Phi) is 2.48. The minimum absolute atomic E-state index is 0.214. The monoisotopic (exact) mass is 215 g/mol. The standard InChI is InChI=1S/C12H13N3O/c1-8-3-4-9(2)11(5-8)15-12(16)6-10(13)7-14-15/h3-7H,13H2,1-2H3. The topological polar surface area (TPSA) is 60.9 Å². The number of aromatic nitrogens is 2. The summed E-state index contributed by atoms with van der Waals surface area (Å²) in [5, 5.41) is 4.03. The van der Waals surface area contributed by atoms with Gasteiger partial charge in [0.05, 0.1) is 17.6 Å². The van der Waals surface area contributed by atoms with Crippen molar-refractivity contribution in [3.05, 3.63) is 51.9 Å². The van der Waals surface area contributed by atoms with Crippen molar-refractivity contribution < 1.29 is 0 Å². The number of nitrogen functional groups attached to an aromatic ring is 1. The normalized spacial score (nSPS) is 10.4. The van der Waals surface area contributed by atoms with Gasteiger partial charge in [-0.3, -0.25) is 4.79 Å². The molecule has 2 N–H and O–H groups in total. The molecule has 2 rings (SSSR count). The van der Waals surface area contributed by atoms with Crippen LogP contribution in [0.15, 0.2) is 35.3 Å². The molecule has 0 saturated carbocycles. The number of hydrogen-bond acceptors (Lipinski definition) is 3. The van der Waals surface area contributed by atoms with Crippen molar-refractivity contribution in [1.29, 1.82) is 0 Å². The Morgan fingerprint density at radius 1 is 1.25 bits per heavy atom. The smallest absolute Gasteiger partial charge is 0.273 e. The van der Waals surface area contributed by atoms with Gasteiger partial charge in [0, 0.05) is 6.07 Å². The Morgan fingerprint density at radius 2 is 2.00 bits per heavy atom. The minimum atomic E-state index is -0.214. The third-order valence-corrected chi connectivity index (χ3v) is 2.41. The Balaban J connectivity index is 2.67. The van der Waals surface area contributed by atoms with E-state index < -0.39 is 0 Å². The zero-order valence-corrected chi connectivity index (χ0v) is 9.27. The fourth-order valence-corrected chi connectivity index (χ4v) is 1.55. The molecule has 0 spiro atoms. The molecular weight excluding hydrogens is 202 g/mol. The zero-order valence-electron chi connectivity index (χ0n) is 9.27. The molecule has 0 amide bonds. The van der Waals surface area contributed by atoms with E-state index in [1.54, 1.807) is 0 Å². The van der Waals surface area contributed by atoms with Crippen LogP contribution in [0.4, 0.5) is 5.69 Å². The van der Waals surface area contributed by atoms with Crippen molar-refractivity contribution in [3.63, 3.8) is 0 Å². The van der Waals surface area contributed by atoms with E-state index in [0.29, 0.717) is 5.69 Å². The Bertz CT molecular complexity index is 587. The molecule has 0 aliphatic carbocycles. The third-order valence-electron chi connectivity index (χ3n) is 2.41. The number of nitrogens with zero attached hydrogens (tertiary/aromatic N) is 2. The summed E-state index contributed by atoms with van der Waals surface area (Å²) in [6.07, 6.45) is 1.48. The molecule has 0 fully saturated rings. The van der Waals surface area contributed by atoms with Gasteiger partial charge in [-0.25, -0.2) is 0 Å². The van der Waals surface area contributed by atoms with Crippen molar-refractivity contribution >= 4 is 5.69 Å². The summed E-state index contributed by atoms with van der Waals surface area (Å²) in [5.41, 5.74) is 8.55. The number of hydrogen-bond donors (Lipinski definition) is 1. The lowest BCUT2D eigenvalue weighted by Gasteiger charge is -2.08. The van der Waals surface area contributed by atoms with E-state index in [1.165, 1.54) is 16.9 Å². The molecule has 0 atom stereocenters. The average Bonchev–Trinajstić information content (AvgIpc) is 2.22. The summed E-state index contributed by atoms with van der Waals surface area (Å²) in [7, 11) is 0. The Hall–Kier alpha value is -2.10. The molecule has 16 heavy (non-hydrogen) atoms. The molecule has 0 bridgehead atoms. The number of aryl methyl sites for hydroxylation is 2. The highest BCUT2D eigenvalue weighted by atomic mass is 16.1. The summed E-state index contributed by atoms with van der Waals surface area (Å²) in [6, 6.07) is 7.27. The fraction of sp³-hybridized carbons (Fsp3) is 0.167. The van der Waals surface area contributed by atoms with Crippen LogP contribution in [0.1, 0.15) is 11.1 Å². The maximum Gasteiger partial charge on any atom is 0.273 e. The maximum atomic E-state index is 11.7. The highest BCUT2D eigenvalue weighted by molar-refractivity contribution is 5.43. The van der Waals surface area contributed by atoms with E-state index in [0.717, 1.165) is 16.8 Å². The highest BCUT2D eigenvalue weighted by Crippen LogP contribution is 2.13. The Morgan fingerprint density at radius 3 is 2.69 bits per heavy atom. The van der Waals surface area contributed by atoms with Crippen LogP contribution in [-0.2, 0) is 0 Å². The van der Waals surface area contributed by atoms with Crippen molar-refractivity contribution in [2.45, 2.75) is 13.8 Å².